The molecule has 0 spiro atoms. The molecule has 0 radical (unpaired) electrons. The van der Waals surface area contributed by atoms with Crippen molar-refractivity contribution in [2.24, 2.45) is 7.05 Å². The first-order chi connectivity index (χ1) is 8.90. The van der Waals surface area contributed by atoms with Crippen LogP contribution in [-0.4, -0.2) is 28.6 Å². The molecule has 7 nitrogen and oxygen atoms in total. The van der Waals surface area contributed by atoms with E-state index in [0.29, 0.717) is 5.56 Å². The number of rotatable bonds is 4. The molecular weight excluding hydrogens is 273 g/mol. The van der Waals surface area contributed by atoms with Crippen LogP contribution in [0.5, 0.6) is 0 Å². The summed E-state index contributed by atoms with van der Waals surface area (Å²) in [5.74, 6) is -0.584. The quantitative estimate of drug-likeness (QED) is 0.862. The monoisotopic (exact) mass is 285 g/mol. The fourth-order valence-corrected chi connectivity index (χ4v) is 2.86. The van der Waals surface area contributed by atoms with Gasteiger partial charge in [-0.05, 0) is 23.8 Å². The maximum Gasteiger partial charge on any atom is 0.244 e. The lowest BCUT2D eigenvalue weighted by Gasteiger charge is -2.08. The van der Waals surface area contributed by atoms with E-state index in [4.69, 9.17) is 0 Å². The van der Waals surface area contributed by atoms with E-state index in [-0.39, 0.29) is 17.3 Å². The van der Waals surface area contributed by atoms with Gasteiger partial charge in [-0.25, -0.2) is 17.5 Å². The van der Waals surface area contributed by atoms with Crippen LogP contribution in [0.2, 0.25) is 0 Å². The number of aromatic nitrogens is 4. The van der Waals surface area contributed by atoms with Crippen molar-refractivity contribution in [2.75, 3.05) is 0 Å². The number of hydrogen-bond acceptors (Lipinski definition) is 5. The van der Waals surface area contributed by atoms with Crippen LogP contribution in [0.3, 0.4) is 0 Å². The third-order valence-corrected chi connectivity index (χ3v) is 3.98. The molecule has 0 aliphatic rings. The van der Waals surface area contributed by atoms with Gasteiger partial charge in [0.05, 0.1) is 13.6 Å². The second kappa shape index (κ2) is 5.02. The highest BCUT2D eigenvalue weighted by atomic mass is 32.2. The molecule has 9 heteroatoms. The lowest BCUT2D eigenvalue weighted by Crippen LogP contribution is -2.25. The van der Waals surface area contributed by atoms with Gasteiger partial charge < -0.3 is 0 Å². The lowest BCUT2D eigenvalue weighted by atomic mass is 10.2. The first kappa shape index (κ1) is 13.6. The summed E-state index contributed by atoms with van der Waals surface area (Å²) in [4.78, 5) is 0.844. The Morgan fingerprint density at radius 1 is 1.42 bits per heavy atom. The zero-order chi connectivity index (χ0) is 14.0. The summed E-state index contributed by atoms with van der Waals surface area (Å²) in [5.41, 5.74) is 0.333. The molecule has 0 fully saturated rings. The maximum atomic E-state index is 13.6. The van der Waals surface area contributed by atoms with Crippen LogP contribution in [0.1, 0.15) is 11.4 Å². The van der Waals surface area contributed by atoms with E-state index < -0.39 is 15.8 Å². The zero-order valence-electron chi connectivity index (χ0n) is 10.3. The summed E-state index contributed by atoms with van der Waals surface area (Å²) in [7, 11) is -2.39. The molecular formula is C10H12FN5O2S. The fraction of sp³-hybridized carbons (Fsp3) is 0.300. The molecule has 1 aromatic heterocycles. The van der Waals surface area contributed by atoms with Crippen LogP contribution < -0.4 is 4.72 Å². The molecule has 0 saturated heterocycles. The van der Waals surface area contributed by atoms with E-state index in [2.05, 4.69) is 20.1 Å². The van der Waals surface area contributed by atoms with Gasteiger partial charge in [-0.3, -0.25) is 0 Å². The smallest absolute Gasteiger partial charge is 0.207 e. The van der Waals surface area contributed by atoms with E-state index in [1.165, 1.54) is 23.9 Å². The molecule has 0 bridgehead atoms. The molecule has 1 heterocycles. The minimum Gasteiger partial charge on any atom is -0.207 e. The van der Waals surface area contributed by atoms with Crippen molar-refractivity contribution in [3.05, 3.63) is 35.4 Å². The molecule has 0 atom stereocenters. The number of aryl methyl sites for hydroxylation is 2. The molecule has 1 aromatic carbocycles. The van der Waals surface area contributed by atoms with Crippen LogP contribution in [0.4, 0.5) is 4.39 Å². The van der Waals surface area contributed by atoms with Crippen LogP contribution >= 0.6 is 0 Å². The summed E-state index contributed by atoms with van der Waals surface area (Å²) < 4.78 is 39.9. The Labute approximate surface area is 109 Å². The highest BCUT2D eigenvalue weighted by molar-refractivity contribution is 7.89. The predicted molar refractivity (Wildman–Crippen MR) is 64.0 cm³/mol. The van der Waals surface area contributed by atoms with Crippen molar-refractivity contribution >= 4 is 10.0 Å². The number of benzene rings is 1. The number of sulfonamides is 1. The van der Waals surface area contributed by atoms with Crippen molar-refractivity contribution in [1.82, 2.24) is 24.9 Å². The summed E-state index contributed by atoms with van der Waals surface area (Å²) in [5, 5.41) is 11.0. The minimum absolute atomic E-state index is 0.149. The van der Waals surface area contributed by atoms with Gasteiger partial charge in [-0.1, -0.05) is 12.1 Å². The van der Waals surface area contributed by atoms with Crippen molar-refractivity contribution in [3.8, 4) is 0 Å². The summed E-state index contributed by atoms with van der Waals surface area (Å²) >= 11 is 0. The Kier molecular flexibility index (Phi) is 3.58. The third kappa shape index (κ3) is 2.93. The van der Waals surface area contributed by atoms with Gasteiger partial charge in [-0.2, -0.15) is 4.80 Å². The van der Waals surface area contributed by atoms with Gasteiger partial charge in [0.2, 0.25) is 10.0 Å². The molecule has 0 aliphatic heterocycles. The lowest BCUT2D eigenvalue weighted by molar-refractivity contribution is 0.553. The highest BCUT2D eigenvalue weighted by Gasteiger charge is 2.21. The Bertz CT molecular complexity index is 677. The molecule has 102 valence electrons. The van der Waals surface area contributed by atoms with E-state index in [1.54, 1.807) is 7.05 Å². The molecule has 2 rings (SSSR count). The van der Waals surface area contributed by atoms with E-state index in [1.807, 2.05) is 0 Å². The topological polar surface area (TPSA) is 89.8 Å². The van der Waals surface area contributed by atoms with Crippen LogP contribution in [0, 0.1) is 12.7 Å². The Hall–Kier alpha value is -1.87. The Balaban J connectivity index is 2.23. The van der Waals surface area contributed by atoms with Gasteiger partial charge in [-0.15, -0.1) is 10.2 Å². The average molecular weight is 285 g/mol. The van der Waals surface area contributed by atoms with E-state index >= 15 is 0 Å². The normalized spacial score (nSPS) is 11.7. The second-order valence-electron chi connectivity index (χ2n) is 3.91. The number of nitrogens with one attached hydrogen (secondary N) is 1. The molecule has 0 unspecified atom stereocenters. The second-order valence-corrected chi connectivity index (χ2v) is 5.61. The molecule has 2 aromatic rings. The van der Waals surface area contributed by atoms with Gasteiger partial charge in [0.15, 0.2) is 5.82 Å². The Morgan fingerprint density at radius 3 is 2.74 bits per heavy atom. The summed E-state index contributed by atoms with van der Waals surface area (Å²) in [6.45, 7) is 1.38. The van der Waals surface area contributed by atoms with Crippen LogP contribution in [0.15, 0.2) is 23.1 Å². The van der Waals surface area contributed by atoms with Gasteiger partial charge in [0.1, 0.15) is 10.7 Å². The van der Waals surface area contributed by atoms with E-state index in [9.17, 15) is 12.8 Å². The highest BCUT2D eigenvalue weighted by Crippen LogP contribution is 2.18. The average Bonchev–Trinajstić information content (AvgIpc) is 2.72. The number of halogens is 1. The number of hydrogen-bond donors (Lipinski definition) is 1. The first-order valence-corrected chi connectivity index (χ1v) is 6.86. The van der Waals surface area contributed by atoms with Crippen molar-refractivity contribution < 1.29 is 12.8 Å². The molecule has 19 heavy (non-hydrogen) atoms. The number of tetrazole rings is 1. The standard InChI is InChI=1S/C10H12FN5O2S/c1-7-4-3-5-8(11)10(7)19(17,18)12-6-9-13-15-16(2)14-9/h3-5,12H,6H2,1-2H3. The maximum absolute atomic E-state index is 13.6. The van der Waals surface area contributed by atoms with Crippen molar-refractivity contribution in [1.29, 1.82) is 0 Å². The van der Waals surface area contributed by atoms with Crippen molar-refractivity contribution in [3.63, 3.8) is 0 Å². The molecule has 0 aliphatic carbocycles. The summed E-state index contributed by atoms with van der Waals surface area (Å²) in [6, 6.07) is 4.08. The molecule has 0 amide bonds. The molecule has 1 N–H and O–H groups in total. The predicted octanol–water partition coefficient (Wildman–Crippen LogP) is 0.136. The van der Waals surface area contributed by atoms with Crippen molar-refractivity contribution in [2.45, 2.75) is 18.4 Å². The zero-order valence-corrected chi connectivity index (χ0v) is 11.1. The largest absolute Gasteiger partial charge is 0.244 e. The van der Waals surface area contributed by atoms with Crippen LogP contribution in [-0.2, 0) is 23.6 Å². The Morgan fingerprint density at radius 2 is 2.16 bits per heavy atom. The van der Waals surface area contributed by atoms with Gasteiger partial charge in [0, 0.05) is 0 Å². The minimum atomic E-state index is -3.95. The van der Waals surface area contributed by atoms with E-state index in [0.717, 1.165) is 6.07 Å². The van der Waals surface area contributed by atoms with Crippen LogP contribution in [0.25, 0.3) is 0 Å². The van der Waals surface area contributed by atoms with Gasteiger partial charge >= 0.3 is 0 Å². The third-order valence-electron chi connectivity index (χ3n) is 2.40. The number of nitrogens with zero attached hydrogens (tertiary/aromatic N) is 4. The fourth-order valence-electron chi connectivity index (χ4n) is 1.58. The van der Waals surface area contributed by atoms with Gasteiger partial charge in [0.25, 0.3) is 0 Å². The first-order valence-electron chi connectivity index (χ1n) is 5.38. The molecule has 0 saturated carbocycles. The summed E-state index contributed by atoms with van der Waals surface area (Å²) in [6.07, 6.45) is 0. The SMILES string of the molecule is Cc1cccc(F)c1S(=O)(=O)NCc1nnn(C)n1.